The van der Waals surface area contributed by atoms with Gasteiger partial charge in [-0.25, -0.2) is 0 Å². The molecule has 6 nitrogen and oxygen atoms in total. The summed E-state index contributed by atoms with van der Waals surface area (Å²) in [5, 5.41) is 18.6. The summed E-state index contributed by atoms with van der Waals surface area (Å²) in [5.41, 5.74) is 0.866. The van der Waals surface area contributed by atoms with Crippen LogP contribution in [0.3, 0.4) is 0 Å². The normalized spacial score (nSPS) is 9.95. The average Bonchev–Trinajstić information content (AvgIpc) is 2.42. The Morgan fingerprint density at radius 1 is 1.21 bits per heavy atom. The van der Waals surface area contributed by atoms with Gasteiger partial charge in [0.1, 0.15) is 5.75 Å². The van der Waals surface area contributed by atoms with Crippen LogP contribution in [-0.2, 0) is 11.2 Å². The van der Waals surface area contributed by atoms with Crippen LogP contribution in [0.15, 0.2) is 36.4 Å². The van der Waals surface area contributed by atoms with E-state index in [1.807, 2.05) is 12.1 Å². The highest BCUT2D eigenvalue weighted by atomic mass is 16.5. The minimum absolute atomic E-state index is 0.187. The summed E-state index contributed by atoms with van der Waals surface area (Å²) in [4.78, 5) is 11.7. The highest BCUT2D eigenvalue weighted by Crippen LogP contribution is 2.12. The van der Waals surface area contributed by atoms with Crippen LogP contribution < -0.4 is 10.1 Å². The topological polar surface area (TPSA) is 84.3 Å². The van der Waals surface area contributed by atoms with Gasteiger partial charge in [-0.2, -0.15) is 0 Å². The third-order valence-corrected chi connectivity index (χ3v) is 2.44. The van der Waals surface area contributed by atoms with Crippen LogP contribution >= 0.6 is 0 Å². The molecule has 0 unspecified atom stereocenters. The number of ether oxygens (including phenoxy) is 1. The number of hydrogen-bond acceptors (Lipinski definition) is 5. The molecule has 6 heteroatoms. The second-order valence-corrected chi connectivity index (χ2v) is 3.85. The number of benzene rings is 1. The third kappa shape index (κ3) is 3.67. The summed E-state index contributed by atoms with van der Waals surface area (Å²) >= 11 is 0. The van der Waals surface area contributed by atoms with Crippen molar-refractivity contribution in [2.45, 2.75) is 6.42 Å². The van der Waals surface area contributed by atoms with Gasteiger partial charge in [0, 0.05) is 6.07 Å². The maximum atomic E-state index is 11.7. The molecule has 0 atom stereocenters. The Balaban J connectivity index is 1.95. The molecule has 0 aliphatic rings. The molecule has 98 valence electrons. The Morgan fingerprint density at radius 2 is 1.95 bits per heavy atom. The lowest BCUT2D eigenvalue weighted by Gasteiger charge is -2.05. The first kappa shape index (κ1) is 12.8. The van der Waals surface area contributed by atoms with Crippen LogP contribution in [-0.4, -0.2) is 28.3 Å². The summed E-state index contributed by atoms with van der Waals surface area (Å²) in [6, 6.07) is 10.1. The summed E-state index contributed by atoms with van der Waals surface area (Å²) in [7, 11) is 1.59. The number of hydrogen-bond donors (Lipinski definition) is 2. The van der Waals surface area contributed by atoms with Gasteiger partial charge in [0.15, 0.2) is 5.82 Å². The number of carbonyl (C=O) groups is 1. The van der Waals surface area contributed by atoms with Crippen molar-refractivity contribution < 1.29 is 14.6 Å². The molecule has 19 heavy (non-hydrogen) atoms. The van der Waals surface area contributed by atoms with Gasteiger partial charge in [-0.05, 0) is 23.8 Å². The first-order chi connectivity index (χ1) is 9.17. The van der Waals surface area contributed by atoms with Gasteiger partial charge in [0.25, 0.3) is 0 Å². The number of carbonyl (C=O) groups excluding carboxylic acids is 1. The van der Waals surface area contributed by atoms with Gasteiger partial charge in [0.05, 0.1) is 13.5 Å². The van der Waals surface area contributed by atoms with Crippen molar-refractivity contribution in [2.75, 3.05) is 12.4 Å². The van der Waals surface area contributed by atoms with Crippen molar-refractivity contribution in [1.29, 1.82) is 0 Å². The second kappa shape index (κ2) is 5.81. The molecule has 1 heterocycles. The van der Waals surface area contributed by atoms with Crippen LogP contribution in [0.5, 0.6) is 11.6 Å². The summed E-state index contributed by atoms with van der Waals surface area (Å²) in [6.07, 6.45) is 0.229. The Kier molecular flexibility index (Phi) is 3.92. The largest absolute Gasteiger partial charge is 0.497 e. The molecule has 0 fully saturated rings. The molecule has 0 saturated heterocycles. The molecule has 0 radical (unpaired) electrons. The van der Waals surface area contributed by atoms with E-state index in [-0.39, 0.29) is 18.2 Å². The zero-order valence-electron chi connectivity index (χ0n) is 10.3. The van der Waals surface area contributed by atoms with Crippen LogP contribution in [0.4, 0.5) is 5.82 Å². The monoisotopic (exact) mass is 259 g/mol. The van der Waals surface area contributed by atoms with Crippen molar-refractivity contribution in [2.24, 2.45) is 0 Å². The maximum absolute atomic E-state index is 11.7. The van der Waals surface area contributed by atoms with Crippen LogP contribution in [0.25, 0.3) is 0 Å². The SMILES string of the molecule is COc1ccc(CC(=O)Nc2ccc(O)nn2)cc1. The molecule has 0 bridgehead atoms. The lowest BCUT2D eigenvalue weighted by Crippen LogP contribution is -2.15. The predicted molar refractivity (Wildman–Crippen MR) is 69.0 cm³/mol. The number of rotatable bonds is 4. The minimum Gasteiger partial charge on any atom is -0.497 e. The number of methoxy groups -OCH3 is 1. The van der Waals surface area contributed by atoms with Crippen LogP contribution in [0.1, 0.15) is 5.56 Å². The molecule has 1 aromatic carbocycles. The van der Waals surface area contributed by atoms with E-state index in [9.17, 15) is 4.79 Å². The molecule has 0 aliphatic heterocycles. The number of amides is 1. The molecule has 2 N–H and O–H groups in total. The van der Waals surface area contributed by atoms with Gasteiger partial charge in [0.2, 0.25) is 11.8 Å². The van der Waals surface area contributed by atoms with E-state index < -0.39 is 0 Å². The zero-order valence-corrected chi connectivity index (χ0v) is 10.3. The first-order valence-electron chi connectivity index (χ1n) is 5.63. The molecule has 2 aromatic rings. The van der Waals surface area contributed by atoms with Crippen molar-refractivity contribution in [1.82, 2.24) is 10.2 Å². The smallest absolute Gasteiger partial charge is 0.231 e. The van der Waals surface area contributed by atoms with Gasteiger partial charge >= 0.3 is 0 Å². The van der Waals surface area contributed by atoms with E-state index >= 15 is 0 Å². The summed E-state index contributed by atoms with van der Waals surface area (Å²) in [6.45, 7) is 0. The number of aromatic nitrogens is 2. The van der Waals surface area contributed by atoms with Gasteiger partial charge in [-0.3, -0.25) is 4.79 Å². The number of aromatic hydroxyl groups is 1. The van der Waals surface area contributed by atoms with E-state index in [1.54, 1.807) is 19.2 Å². The molecule has 0 spiro atoms. The molecule has 0 aliphatic carbocycles. The fraction of sp³-hybridized carbons (Fsp3) is 0.154. The number of nitrogens with zero attached hydrogens (tertiary/aromatic N) is 2. The lowest BCUT2D eigenvalue weighted by molar-refractivity contribution is -0.115. The van der Waals surface area contributed by atoms with Crippen molar-refractivity contribution in [3.8, 4) is 11.6 Å². The molecule has 1 amide bonds. The third-order valence-electron chi connectivity index (χ3n) is 2.44. The van der Waals surface area contributed by atoms with Gasteiger partial charge in [-0.15, -0.1) is 10.2 Å². The fourth-order valence-electron chi connectivity index (χ4n) is 1.51. The van der Waals surface area contributed by atoms with Crippen molar-refractivity contribution >= 4 is 11.7 Å². The first-order valence-corrected chi connectivity index (χ1v) is 5.63. The van der Waals surface area contributed by atoms with E-state index in [4.69, 9.17) is 9.84 Å². The summed E-state index contributed by atoms with van der Waals surface area (Å²) in [5.74, 6) is 0.656. The van der Waals surface area contributed by atoms with E-state index in [2.05, 4.69) is 15.5 Å². The van der Waals surface area contributed by atoms with Crippen molar-refractivity contribution in [3.05, 3.63) is 42.0 Å². The van der Waals surface area contributed by atoms with E-state index in [0.717, 1.165) is 11.3 Å². The molecule has 1 aromatic heterocycles. The average molecular weight is 259 g/mol. The Hall–Kier alpha value is -2.63. The fourth-order valence-corrected chi connectivity index (χ4v) is 1.51. The van der Waals surface area contributed by atoms with Crippen molar-refractivity contribution in [3.63, 3.8) is 0 Å². The number of anilines is 1. The maximum Gasteiger partial charge on any atom is 0.231 e. The zero-order chi connectivity index (χ0) is 13.7. The Labute approximate surface area is 110 Å². The van der Waals surface area contributed by atoms with E-state index in [0.29, 0.717) is 5.82 Å². The molecule has 2 rings (SSSR count). The van der Waals surface area contributed by atoms with Gasteiger partial charge in [-0.1, -0.05) is 12.1 Å². The molecular formula is C13H13N3O3. The molecule has 0 saturated carbocycles. The Bertz CT molecular complexity index is 552. The quantitative estimate of drug-likeness (QED) is 0.866. The number of nitrogens with one attached hydrogen (secondary N) is 1. The second-order valence-electron chi connectivity index (χ2n) is 3.85. The predicted octanol–water partition coefficient (Wildman–Crippen LogP) is 1.37. The van der Waals surface area contributed by atoms with Crippen LogP contribution in [0.2, 0.25) is 0 Å². The standard InChI is InChI=1S/C13H13N3O3/c1-19-10-4-2-9(3-5-10)8-13(18)14-11-6-7-12(17)16-15-11/h2-7H,8H2,1H3,(H,16,17)(H,14,15,18). The van der Waals surface area contributed by atoms with Gasteiger partial charge < -0.3 is 15.2 Å². The minimum atomic E-state index is -0.204. The highest BCUT2D eigenvalue weighted by Gasteiger charge is 2.05. The molecular weight excluding hydrogens is 246 g/mol. The lowest BCUT2D eigenvalue weighted by atomic mass is 10.1. The van der Waals surface area contributed by atoms with Crippen LogP contribution in [0, 0.1) is 0 Å². The summed E-state index contributed by atoms with van der Waals surface area (Å²) < 4.78 is 5.04. The Morgan fingerprint density at radius 3 is 2.53 bits per heavy atom. The van der Waals surface area contributed by atoms with E-state index in [1.165, 1.54) is 12.1 Å². The highest BCUT2D eigenvalue weighted by molar-refractivity contribution is 5.91.